The molecule has 0 atom stereocenters. The van der Waals surface area contributed by atoms with Crippen LogP contribution in [0.4, 0.5) is 5.95 Å². The maximum atomic E-state index is 5.92. The summed E-state index contributed by atoms with van der Waals surface area (Å²) in [5.74, 6) is 0.960. The Hall–Kier alpha value is -1.81. The predicted octanol–water partition coefficient (Wildman–Crippen LogP) is 2.39. The summed E-state index contributed by atoms with van der Waals surface area (Å²) in [6.45, 7) is 4.70. The smallest absolute Gasteiger partial charge is 0.203 e. The van der Waals surface area contributed by atoms with Gasteiger partial charge in [-0.1, -0.05) is 31.2 Å². The summed E-state index contributed by atoms with van der Waals surface area (Å²) in [4.78, 5) is 4.72. The van der Waals surface area contributed by atoms with E-state index in [0.29, 0.717) is 6.54 Å². The van der Waals surface area contributed by atoms with E-state index >= 15 is 0 Å². The van der Waals surface area contributed by atoms with E-state index in [-0.39, 0.29) is 0 Å². The lowest BCUT2D eigenvalue weighted by molar-refractivity contribution is 0.604. The van der Waals surface area contributed by atoms with Gasteiger partial charge in [0.05, 0.1) is 11.4 Å². The molecule has 0 saturated heterocycles. The molecule has 1 aromatic heterocycles. The molecule has 0 aliphatic carbocycles. The normalized spacial score (nSPS) is 14.0. The molecule has 0 spiro atoms. The largest absolute Gasteiger partial charge is 0.356 e. The molecule has 100 valence electrons. The third-order valence-electron chi connectivity index (χ3n) is 3.74. The highest BCUT2D eigenvalue weighted by molar-refractivity contribution is 5.65. The van der Waals surface area contributed by atoms with Gasteiger partial charge in [-0.15, -0.1) is 0 Å². The lowest BCUT2D eigenvalue weighted by Gasteiger charge is -2.17. The summed E-state index contributed by atoms with van der Waals surface area (Å²) in [6, 6.07) is 8.63. The SMILES string of the molecule is CCc1ccc(-c2nc3n(c2CN)CCCN3)cc1. The number of aromatic nitrogens is 2. The monoisotopic (exact) mass is 256 g/mol. The molecule has 2 aromatic rings. The van der Waals surface area contributed by atoms with Crippen molar-refractivity contribution in [1.82, 2.24) is 9.55 Å². The number of fused-ring (bicyclic) bond motifs is 1. The number of hydrogen-bond donors (Lipinski definition) is 2. The van der Waals surface area contributed by atoms with Gasteiger partial charge in [-0.2, -0.15) is 0 Å². The van der Waals surface area contributed by atoms with E-state index in [1.807, 2.05) is 0 Å². The molecule has 0 bridgehead atoms. The van der Waals surface area contributed by atoms with Crippen molar-refractivity contribution in [2.45, 2.75) is 32.9 Å². The lowest BCUT2D eigenvalue weighted by Crippen LogP contribution is -2.19. The van der Waals surface area contributed by atoms with Crippen molar-refractivity contribution in [3.8, 4) is 11.3 Å². The summed E-state index contributed by atoms with van der Waals surface area (Å²) in [7, 11) is 0. The second-order valence-electron chi connectivity index (χ2n) is 4.92. The highest BCUT2D eigenvalue weighted by atomic mass is 15.2. The van der Waals surface area contributed by atoms with Crippen molar-refractivity contribution >= 4 is 5.95 Å². The van der Waals surface area contributed by atoms with Gasteiger partial charge in [-0.25, -0.2) is 4.98 Å². The van der Waals surface area contributed by atoms with Gasteiger partial charge >= 0.3 is 0 Å². The third-order valence-corrected chi connectivity index (χ3v) is 3.74. The summed E-state index contributed by atoms with van der Waals surface area (Å²) in [5.41, 5.74) is 10.6. The topological polar surface area (TPSA) is 55.9 Å². The van der Waals surface area contributed by atoms with Gasteiger partial charge in [0.2, 0.25) is 5.95 Å². The van der Waals surface area contributed by atoms with Gasteiger partial charge in [0, 0.05) is 25.2 Å². The number of rotatable bonds is 3. The number of nitrogens with one attached hydrogen (secondary N) is 1. The Morgan fingerprint density at radius 3 is 2.79 bits per heavy atom. The van der Waals surface area contributed by atoms with Crippen molar-refractivity contribution in [3.05, 3.63) is 35.5 Å². The van der Waals surface area contributed by atoms with E-state index in [1.165, 1.54) is 5.56 Å². The second-order valence-corrected chi connectivity index (χ2v) is 4.92. The average Bonchev–Trinajstić information content (AvgIpc) is 2.85. The van der Waals surface area contributed by atoms with Crippen LogP contribution in [0.2, 0.25) is 0 Å². The second kappa shape index (κ2) is 5.05. The highest BCUT2D eigenvalue weighted by Crippen LogP contribution is 2.28. The van der Waals surface area contributed by atoms with Crippen molar-refractivity contribution in [2.75, 3.05) is 11.9 Å². The highest BCUT2D eigenvalue weighted by Gasteiger charge is 2.19. The number of aryl methyl sites for hydroxylation is 1. The number of hydrogen-bond acceptors (Lipinski definition) is 3. The van der Waals surface area contributed by atoms with Gasteiger partial charge in [0.25, 0.3) is 0 Å². The Balaban J connectivity index is 2.05. The molecule has 0 fully saturated rings. The molecule has 1 aliphatic heterocycles. The van der Waals surface area contributed by atoms with Crippen LogP contribution < -0.4 is 11.1 Å². The molecule has 0 amide bonds. The van der Waals surface area contributed by atoms with E-state index < -0.39 is 0 Å². The Bertz CT molecular complexity index is 569. The number of anilines is 1. The van der Waals surface area contributed by atoms with Crippen LogP contribution in [-0.2, 0) is 19.5 Å². The molecule has 19 heavy (non-hydrogen) atoms. The van der Waals surface area contributed by atoms with Gasteiger partial charge in [0.15, 0.2) is 0 Å². The zero-order valence-electron chi connectivity index (χ0n) is 11.3. The maximum absolute atomic E-state index is 5.92. The van der Waals surface area contributed by atoms with Crippen LogP contribution in [0.1, 0.15) is 24.6 Å². The molecular formula is C15H20N4. The van der Waals surface area contributed by atoms with Crippen LogP contribution in [0.3, 0.4) is 0 Å². The minimum absolute atomic E-state index is 0.527. The first kappa shape index (κ1) is 12.2. The molecule has 3 rings (SSSR count). The fourth-order valence-corrected chi connectivity index (χ4v) is 2.64. The third kappa shape index (κ3) is 2.12. The van der Waals surface area contributed by atoms with E-state index in [2.05, 4.69) is 41.1 Å². The number of nitrogens with two attached hydrogens (primary N) is 1. The van der Waals surface area contributed by atoms with Crippen molar-refractivity contribution in [1.29, 1.82) is 0 Å². The molecule has 4 nitrogen and oxygen atoms in total. The van der Waals surface area contributed by atoms with Crippen LogP contribution in [-0.4, -0.2) is 16.1 Å². The van der Waals surface area contributed by atoms with E-state index in [9.17, 15) is 0 Å². The Morgan fingerprint density at radius 2 is 2.11 bits per heavy atom. The standard InChI is InChI=1S/C15H20N4/c1-2-11-4-6-12(7-5-11)14-13(10-16)19-9-3-8-17-15(19)18-14/h4-7H,2-3,8-10,16H2,1H3,(H,17,18). The summed E-state index contributed by atoms with van der Waals surface area (Å²) in [5, 5.41) is 3.35. The maximum Gasteiger partial charge on any atom is 0.203 e. The zero-order chi connectivity index (χ0) is 13.2. The number of nitrogens with zero attached hydrogens (tertiary/aromatic N) is 2. The van der Waals surface area contributed by atoms with Gasteiger partial charge in [-0.05, 0) is 18.4 Å². The molecule has 1 aromatic carbocycles. The quantitative estimate of drug-likeness (QED) is 0.886. The van der Waals surface area contributed by atoms with E-state index in [1.54, 1.807) is 0 Å². The fourth-order valence-electron chi connectivity index (χ4n) is 2.64. The Labute approximate surface area is 113 Å². The van der Waals surface area contributed by atoms with Crippen LogP contribution in [0.15, 0.2) is 24.3 Å². The lowest BCUT2D eigenvalue weighted by atomic mass is 10.1. The molecule has 0 unspecified atom stereocenters. The zero-order valence-corrected chi connectivity index (χ0v) is 11.3. The fraction of sp³-hybridized carbons (Fsp3) is 0.400. The molecule has 4 heteroatoms. The van der Waals surface area contributed by atoms with Crippen molar-refractivity contribution in [2.24, 2.45) is 5.73 Å². The van der Waals surface area contributed by atoms with Gasteiger partial charge in [0.1, 0.15) is 0 Å². The van der Waals surface area contributed by atoms with Gasteiger partial charge in [-0.3, -0.25) is 0 Å². The van der Waals surface area contributed by atoms with Crippen LogP contribution in [0, 0.1) is 0 Å². The molecule has 0 saturated carbocycles. The first-order chi connectivity index (χ1) is 9.33. The molecule has 0 radical (unpaired) electrons. The van der Waals surface area contributed by atoms with Crippen LogP contribution in [0.25, 0.3) is 11.3 Å². The van der Waals surface area contributed by atoms with E-state index in [0.717, 1.165) is 48.8 Å². The first-order valence-electron chi connectivity index (χ1n) is 6.96. The summed E-state index contributed by atoms with van der Waals surface area (Å²) < 4.78 is 2.21. The Kier molecular flexibility index (Phi) is 3.25. The summed E-state index contributed by atoms with van der Waals surface area (Å²) in [6.07, 6.45) is 2.19. The molecule has 1 aliphatic rings. The van der Waals surface area contributed by atoms with Crippen LogP contribution >= 0.6 is 0 Å². The molecule has 3 N–H and O–H groups in total. The van der Waals surface area contributed by atoms with Crippen molar-refractivity contribution in [3.63, 3.8) is 0 Å². The Morgan fingerprint density at radius 1 is 1.32 bits per heavy atom. The van der Waals surface area contributed by atoms with Crippen molar-refractivity contribution < 1.29 is 0 Å². The summed E-state index contributed by atoms with van der Waals surface area (Å²) >= 11 is 0. The first-order valence-corrected chi connectivity index (χ1v) is 6.96. The average molecular weight is 256 g/mol. The number of benzene rings is 1. The molecule has 2 heterocycles. The van der Waals surface area contributed by atoms with E-state index in [4.69, 9.17) is 10.7 Å². The van der Waals surface area contributed by atoms with Gasteiger partial charge < -0.3 is 15.6 Å². The molecular weight excluding hydrogens is 236 g/mol. The minimum Gasteiger partial charge on any atom is -0.356 e. The minimum atomic E-state index is 0.527. The predicted molar refractivity (Wildman–Crippen MR) is 78.0 cm³/mol. The number of imidazole rings is 1. The van der Waals surface area contributed by atoms with Crippen LogP contribution in [0.5, 0.6) is 0 Å².